The van der Waals surface area contributed by atoms with E-state index in [2.05, 4.69) is 43.5 Å². The Morgan fingerprint density at radius 3 is 1.00 bits per heavy atom. The summed E-state index contributed by atoms with van der Waals surface area (Å²) in [6.45, 7) is 4.96. The molecule has 0 rings (SSSR count). The van der Waals surface area contributed by atoms with Crippen LogP contribution in [0.2, 0.25) is 0 Å². The van der Waals surface area contributed by atoms with Crippen LogP contribution in [0.15, 0.2) is 24.3 Å². The van der Waals surface area contributed by atoms with Crippen molar-refractivity contribution in [2.45, 2.75) is 411 Å². The van der Waals surface area contributed by atoms with E-state index in [4.69, 9.17) is 4.74 Å². The number of nitrogens with one attached hydrogen (secondary N) is 1. The molecule has 0 aromatic heterocycles. The smallest absolute Gasteiger partial charge is 0.305 e. The number of esters is 1. The number of hydrogen-bond acceptors (Lipinski definition) is 5. The van der Waals surface area contributed by atoms with Crippen molar-refractivity contribution >= 4 is 11.9 Å². The molecule has 0 spiro atoms. The highest BCUT2D eigenvalue weighted by Crippen LogP contribution is 2.19. The highest BCUT2D eigenvalue weighted by atomic mass is 16.5. The Morgan fingerprint density at radius 1 is 0.359 bits per heavy atom. The van der Waals surface area contributed by atoms with Crippen LogP contribution in [0.4, 0.5) is 0 Å². The number of allylic oxidation sites excluding steroid dienone is 4. The second kappa shape index (κ2) is 67.8. The number of ether oxygens (including phenoxy) is 1. The van der Waals surface area contributed by atoms with Gasteiger partial charge in [-0.15, -0.1) is 0 Å². The molecule has 0 saturated carbocycles. The fourth-order valence-electron chi connectivity index (χ4n) is 11.3. The van der Waals surface area contributed by atoms with Crippen LogP contribution in [-0.2, 0) is 14.3 Å². The predicted molar refractivity (Wildman–Crippen MR) is 343 cm³/mol. The molecule has 1 amide bonds. The molecule has 0 heterocycles. The van der Waals surface area contributed by atoms with Crippen LogP contribution in [0.3, 0.4) is 0 Å². The molecular weight excluding hydrogens is 959 g/mol. The van der Waals surface area contributed by atoms with Gasteiger partial charge in [0.05, 0.1) is 25.4 Å². The molecule has 0 aliphatic carbocycles. The number of carbonyl (C=O) groups excluding carboxylic acids is 2. The first-order valence-electron chi connectivity index (χ1n) is 35.6. The lowest BCUT2D eigenvalue weighted by molar-refractivity contribution is -0.143. The largest absolute Gasteiger partial charge is 0.466 e. The summed E-state index contributed by atoms with van der Waals surface area (Å²) in [5, 5.41) is 23.4. The zero-order valence-electron chi connectivity index (χ0n) is 52.9. The molecule has 78 heavy (non-hydrogen) atoms. The van der Waals surface area contributed by atoms with E-state index in [0.29, 0.717) is 25.9 Å². The summed E-state index contributed by atoms with van der Waals surface area (Å²) in [5.41, 5.74) is 0. The number of unbranched alkanes of at least 4 members (excludes halogenated alkanes) is 52. The summed E-state index contributed by atoms with van der Waals surface area (Å²) in [6, 6.07) is -0.539. The number of carbonyl (C=O) groups is 2. The topological polar surface area (TPSA) is 95.9 Å². The summed E-state index contributed by atoms with van der Waals surface area (Å²) in [5.74, 6) is -0.0217. The highest BCUT2D eigenvalue weighted by molar-refractivity contribution is 5.76. The molecule has 6 nitrogen and oxygen atoms in total. The Hall–Kier alpha value is -1.66. The van der Waals surface area contributed by atoms with Crippen molar-refractivity contribution in [3.8, 4) is 0 Å². The van der Waals surface area contributed by atoms with E-state index in [-0.39, 0.29) is 18.5 Å². The second-order valence-electron chi connectivity index (χ2n) is 24.6. The first kappa shape index (κ1) is 76.3. The van der Waals surface area contributed by atoms with E-state index in [9.17, 15) is 19.8 Å². The van der Waals surface area contributed by atoms with Crippen LogP contribution in [0, 0.1) is 0 Å². The molecule has 462 valence electrons. The van der Waals surface area contributed by atoms with Gasteiger partial charge >= 0.3 is 5.97 Å². The Balaban J connectivity index is 3.34. The van der Waals surface area contributed by atoms with Crippen molar-refractivity contribution < 1.29 is 24.5 Å². The third kappa shape index (κ3) is 63.5. The molecule has 6 heteroatoms. The van der Waals surface area contributed by atoms with Crippen molar-refractivity contribution in [2.75, 3.05) is 13.2 Å². The van der Waals surface area contributed by atoms with Crippen LogP contribution >= 0.6 is 0 Å². The first-order chi connectivity index (χ1) is 38.5. The minimum Gasteiger partial charge on any atom is -0.466 e. The standard InChI is InChI=1S/C72H139NO5/c1-3-5-7-9-11-13-15-17-19-33-37-40-44-48-52-56-60-64-70(75)69(68-74)73-71(76)65-61-57-53-49-45-41-38-34-31-29-27-25-23-21-20-22-24-26-28-30-32-35-39-43-47-51-55-59-63-67-78-72(77)66-62-58-54-50-46-42-36-18-16-14-12-10-8-6-4-2/h12,14,18,36,69-70,74-75H,3-11,13,15-17,19-35,37-68H2,1-2H3,(H,73,76)/b14-12-,36-18-/t69-,70+/m0/s1. The van der Waals surface area contributed by atoms with Crippen LogP contribution in [-0.4, -0.2) is 47.4 Å². The van der Waals surface area contributed by atoms with Crippen molar-refractivity contribution in [2.24, 2.45) is 0 Å². The lowest BCUT2D eigenvalue weighted by Crippen LogP contribution is -2.45. The maximum atomic E-state index is 12.5. The van der Waals surface area contributed by atoms with Gasteiger partial charge in [-0.25, -0.2) is 0 Å². The van der Waals surface area contributed by atoms with Crippen LogP contribution in [0.25, 0.3) is 0 Å². The number of amides is 1. The number of hydrogen-bond donors (Lipinski definition) is 3. The van der Waals surface area contributed by atoms with Gasteiger partial charge in [0.15, 0.2) is 0 Å². The van der Waals surface area contributed by atoms with E-state index in [0.717, 1.165) is 51.4 Å². The Morgan fingerprint density at radius 2 is 0.641 bits per heavy atom. The second-order valence-corrected chi connectivity index (χ2v) is 24.6. The van der Waals surface area contributed by atoms with Gasteiger partial charge in [-0.05, 0) is 57.8 Å². The molecule has 0 unspecified atom stereocenters. The van der Waals surface area contributed by atoms with E-state index in [1.807, 2.05) is 0 Å². The van der Waals surface area contributed by atoms with Crippen molar-refractivity contribution in [3.05, 3.63) is 24.3 Å². The maximum Gasteiger partial charge on any atom is 0.305 e. The highest BCUT2D eigenvalue weighted by Gasteiger charge is 2.20. The molecule has 2 atom stereocenters. The monoisotopic (exact) mass is 1100 g/mol. The quantitative estimate of drug-likeness (QED) is 0.0320. The summed E-state index contributed by atoms with van der Waals surface area (Å²) < 4.78 is 5.49. The summed E-state index contributed by atoms with van der Waals surface area (Å²) in [6.07, 6.45) is 85.1. The summed E-state index contributed by atoms with van der Waals surface area (Å²) in [7, 11) is 0. The van der Waals surface area contributed by atoms with E-state index < -0.39 is 12.1 Å². The predicted octanol–water partition coefficient (Wildman–Crippen LogP) is 22.9. The number of aliphatic hydroxyl groups is 2. The molecule has 0 bridgehead atoms. The van der Waals surface area contributed by atoms with Crippen molar-refractivity contribution in [3.63, 3.8) is 0 Å². The molecule has 0 aromatic rings. The maximum absolute atomic E-state index is 12.5. The van der Waals surface area contributed by atoms with Gasteiger partial charge < -0.3 is 20.3 Å². The zero-order valence-corrected chi connectivity index (χ0v) is 52.9. The van der Waals surface area contributed by atoms with Crippen molar-refractivity contribution in [1.82, 2.24) is 5.32 Å². The SMILES string of the molecule is CCCCC/C=C\C/C=C\CCCCCCCC(=O)OCCCCCCCCCCCCCCCCCCCCCCCCCCCCCCCC(=O)N[C@@H](CO)[C@H](O)CCCCCCCCCCCCCCCCCCC. The van der Waals surface area contributed by atoms with Gasteiger partial charge in [-0.3, -0.25) is 9.59 Å². The summed E-state index contributed by atoms with van der Waals surface area (Å²) >= 11 is 0. The third-order valence-corrected chi connectivity index (χ3v) is 16.8. The van der Waals surface area contributed by atoms with Crippen LogP contribution in [0.5, 0.6) is 0 Å². The Bertz CT molecular complexity index is 1220. The molecule has 0 saturated heterocycles. The van der Waals surface area contributed by atoms with Crippen LogP contribution in [0.1, 0.15) is 399 Å². The van der Waals surface area contributed by atoms with Crippen LogP contribution < -0.4 is 5.32 Å². The van der Waals surface area contributed by atoms with Gasteiger partial charge in [0.1, 0.15) is 0 Å². The van der Waals surface area contributed by atoms with Gasteiger partial charge in [0.25, 0.3) is 0 Å². The number of rotatable bonds is 67. The molecule has 0 aromatic carbocycles. The fraction of sp³-hybridized carbons (Fsp3) is 0.917. The van der Waals surface area contributed by atoms with E-state index in [1.165, 1.54) is 315 Å². The lowest BCUT2D eigenvalue weighted by Gasteiger charge is -2.22. The molecule has 0 radical (unpaired) electrons. The minimum absolute atomic E-state index is 0.00610. The molecule has 0 fully saturated rings. The number of aliphatic hydroxyl groups excluding tert-OH is 2. The van der Waals surface area contributed by atoms with Gasteiger partial charge in [0.2, 0.25) is 5.91 Å². The zero-order chi connectivity index (χ0) is 56.4. The van der Waals surface area contributed by atoms with E-state index >= 15 is 0 Å². The third-order valence-electron chi connectivity index (χ3n) is 16.8. The van der Waals surface area contributed by atoms with Gasteiger partial charge in [-0.2, -0.15) is 0 Å². The Kier molecular flexibility index (Phi) is 66.4. The lowest BCUT2D eigenvalue weighted by atomic mass is 10.0. The molecule has 0 aliphatic heterocycles. The normalized spacial score (nSPS) is 12.6. The van der Waals surface area contributed by atoms with Gasteiger partial charge in [-0.1, -0.05) is 353 Å². The molecule has 3 N–H and O–H groups in total. The average Bonchev–Trinajstić information content (AvgIpc) is 3.44. The molecular formula is C72H139NO5. The Labute approximate surface area is 488 Å². The fourth-order valence-corrected chi connectivity index (χ4v) is 11.3. The first-order valence-corrected chi connectivity index (χ1v) is 35.6. The molecule has 0 aliphatic rings. The minimum atomic E-state index is -0.662. The van der Waals surface area contributed by atoms with Gasteiger partial charge in [0, 0.05) is 12.8 Å². The average molecular weight is 1100 g/mol. The van der Waals surface area contributed by atoms with Crippen molar-refractivity contribution in [1.29, 1.82) is 0 Å². The van der Waals surface area contributed by atoms with E-state index in [1.54, 1.807) is 0 Å². The summed E-state index contributed by atoms with van der Waals surface area (Å²) in [4.78, 5) is 24.6.